The van der Waals surface area contributed by atoms with Crippen LogP contribution in [0, 0.1) is 0 Å². The molecule has 180 valence electrons. The number of ether oxygens (including phenoxy) is 2. The van der Waals surface area contributed by atoms with Gasteiger partial charge in [-0.25, -0.2) is 4.79 Å². The summed E-state index contributed by atoms with van der Waals surface area (Å²) in [5.41, 5.74) is -1.57. The number of benzene rings is 1. The Balaban J connectivity index is 1.79. The van der Waals surface area contributed by atoms with Crippen LogP contribution in [0.3, 0.4) is 0 Å². The van der Waals surface area contributed by atoms with Crippen molar-refractivity contribution in [1.82, 2.24) is 14.5 Å². The number of ketones is 1. The molecule has 5 atom stereocenters. The highest BCUT2D eigenvalue weighted by molar-refractivity contribution is 5.99. The number of Topliss-reactive ketones (excluding diaryl/α,β-unsaturated/α-hetero) is 1. The van der Waals surface area contributed by atoms with E-state index in [4.69, 9.17) is 9.47 Å². The van der Waals surface area contributed by atoms with Gasteiger partial charge in [-0.05, 0) is 5.56 Å². The van der Waals surface area contributed by atoms with Crippen molar-refractivity contribution in [3.63, 3.8) is 0 Å². The monoisotopic (exact) mass is 465 g/mol. The third kappa shape index (κ3) is 5.05. The zero-order valence-corrected chi connectivity index (χ0v) is 18.1. The molecule has 0 amide bonds. The number of aliphatic hydroxyl groups is 3. The topological polar surface area (TPSA) is 172 Å². The zero-order valence-electron chi connectivity index (χ0n) is 18.1. The smallest absolute Gasteiger partial charge is 0.333 e. The SMILES string of the molecule is Cn1c(O)c(C(=O)CNC2[C@@H](OCc3ccccc3)OC(CO)[C@@H](O)[C@@H]2O)c(=O)n(C)c1=O. The average molecular weight is 465 g/mol. The summed E-state index contributed by atoms with van der Waals surface area (Å²) in [5, 5.41) is 43.1. The molecule has 0 spiro atoms. The van der Waals surface area contributed by atoms with Crippen LogP contribution in [0.25, 0.3) is 0 Å². The lowest BCUT2D eigenvalue weighted by Gasteiger charge is -2.42. The summed E-state index contributed by atoms with van der Waals surface area (Å²) in [6, 6.07) is 7.95. The number of nitrogens with one attached hydrogen (secondary N) is 1. The minimum absolute atomic E-state index is 0.0841. The lowest BCUT2D eigenvalue weighted by molar-refractivity contribution is -0.273. The second-order valence-electron chi connectivity index (χ2n) is 7.74. The number of aromatic hydroxyl groups is 1. The number of aromatic nitrogens is 2. The molecule has 12 nitrogen and oxygen atoms in total. The van der Waals surface area contributed by atoms with Gasteiger partial charge in [0.15, 0.2) is 12.1 Å². The van der Waals surface area contributed by atoms with Gasteiger partial charge in [-0.3, -0.25) is 24.0 Å². The Morgan fingerprint density at radius 2 is 1.79 bits per heavy atom. The first-order valence-electron chi connectivity index (χ1n) is 10.2. The lowest BCUT2D eigenvalue weighted by atomic mass is 9.96. The van der Waals surface area contributed by atoms with Crippen molar-refractivity contribution < 1.29 is 34.7 Å². The number of nitrogens with zero attached hydrogens (tertiary/aromatic N) is 2. The van der Waals surface area contributed by atoms with Gasteiger partial charge in [0.1, 0.15) is 23.9 Å². The van der Waals surface area contributed by atoms with Crippen molar-refractivity contribution in [2.24, 2.45) is 14.1 Å². The quantitative estimate of drug-likeness (QED) is 0.264. The minimum atomic E-state index is -1.49. The third-order valence-electron chi connectivity index (χ3n) is 5.55. The van der Waals surface area contributed by atoms with E-state index in [1.54, 1.807) is 0 Å². The number of hydrogen-bond donors (Lipinski definition) is 5. The highest BCUT2D eigenvalue weighted by Crippen LogP contribution is 2.23. The molecule has 1 aliphatic rings. The van der Waals surface area contributed by atoms with Gasteiger partial charge in [-0.2, -0.15) is 0 Å². The lowest BCUT2D eigenvalue weighted by Crippen LogP contribution is -2.64. The fraction of sp³-hybridized carbons (Fsp3) is 0.476. The standard InChI is InChI=1S/C21H27N3O9/c1-23-18(29)14(19(30)24(2)21(23)31)12(26)8-22-15-17(28)16(27)13(9-25)33-20(15)32-10-11-6-4-3-5-7-11/h3-7,13,15-17,20,22,25,27-29H,8-10H2,1-2H3/t13?,15?,16-,17-,20+/m1/s1. The van der Waals surface area contributed by atoms with Crippen molar-refractivity contribution >= 4 is 5.78 Å². The molecule has 1 aromatic carbocycles. The van der Waals surface area contributed by atoms with Gasteiger partial charge < -0.3 is 29.9 Å². The van der Waals surface area contributed by atoms with Crippen molar-refractivity contribution in [2.75, 3.05) is 13.2 Å². The Morgan fingerprint density at radius 1 is 1.12 bits per heavy atom. The molecule has 0 saturated carbocycles. The predicted octanol–water partition coefficient (Wildman–Crippen LogP) is -2.41. The van der Waals surface area contributed by atoms with Gasteiger partial charge in [-0.15, -0.1) is 0 Å². The molecule has 33 heavy (non-hydrogen) atoms. The van der Waals surface area contributed by atoms with Crippen molar-refractivity contribution in [3.8, 4) is 5.88 Å². The van der Waals surface area contributed by atoms with Crippen LogP contribution in [0.15, 0.2) is 39.9 Å². The predicted molar refractivity (Wildman–Crippen MR) is 114 cm³/mol. The molecule has 12 heteroatoms. The summed E-state index contributed by atoms with van der Waals surface area (Å²) in [6.07, 6.45) is -5.24. The molecule has 3 rings (SSSR count). The molecule has 1 aromatic heterocycles. The van der Waals surface area contributed by atoms with E-state index in [2.05, 4.69) is 5.32 Å². The molecule has 0 aliphatic carbocycles. The number of hydrogen-bond acceptors (Lipinski definition) is 10. The van der Waals surface area contributed by atoms with Gasteiger partial charge in [0.2, 0.25) is 5.88 Å². The molecular formula is C21H27N3O9. The average Bonchev–Trinajstić information content (AvgIpc) is 2.82. The van der Waals surface area contributed by atoms with Gasteiger partial charge >= 0.3 is 5.69 Å². The molecule has 1 fully saturated rings. The minimum Gasteiger partial charge on any atom is -0.494 e. The molecule has 0 radical (unpaired) electrons. The molecule has 2 unspecified atom stereocenters. The Hall–Kier alpha value is -2.87. The molecular weight excluding hydrogens is 438 g/mol. The first-order chi connectivity index (χ1) is 15.7. The van der Waals surface area contributed by atoms with Gasteiger partial charge in [0, 0.05) is 14.1 Å². The van der Waals surface area contributed by atoms with Crippen molar-refractivity contribution in [2.45, 2.75) is 37.3 Å². The third-order valence-corrected chi connectivity index (χ3v) is 5.55. The number of carbonyl (C=O) groups excluding carboxylic acids is 1. The maximum absolute atomic E-state index is 12.7. The normalized spacial score (nSPS) is 25.2. The molecule has 1 saturated heterocycles. The van der Waals surface area contributed by atoms with Crippen molar-refractivity contribution in [3.05, 3.63) is 62.3 Å². The molecule has 1 aliphatic heterocycles. The van der Waals surface area contributed by atoms with E-state index in [1.807, 2.05) is 30.3 Å². The maximum Gasteiger partial charge on any atom is 0.333 e. The number of rotatable bonds is 8. The van der Waals surface area contributed by atoms with Gasteiger partial charge in [0.05, 0.1) is 25.8 Å². The van der Waals surface area contributed by atoms with Gasteiger partial charge in [-0.1, -0.05) is 30.3 Å². The van der Waals surface area contributed by atoms with E-state index in [0.717, 1.165) is 10.1 Å². The molecule has 5 N–H and O–H groups in total. The second-order valence-corrected chi connectivity index (χ2v) is 7.74. The fourth-order valence-corrected chi connectivity index (χ4v) is 3.57. The summed E-state index contributed by atoms with van der Waals surface area (Å²) in [6.45, 7) is -1.04. The van der Waals surface area contributed by atoms with E-state index in [0.29, 0.717) is 4.57 Å². The van der Waals surface area contributed by atoms with E-state index in [1.165, 1.54) is 14.1 Å². The van der Waals surface area contributed by atoms with Crippen LogP contribution in [-0.4, -0.2) is 79.1 Å². The summed E-state index contributed by atoms with van der Waals surface area (Å²) in [4.78, 5) is 37.0. The molecule has 2 heterocycles. The van der Waals surface area contributed by atoms with Crippen LogP contribution in [0.2, 0.25) is 0 Å². The Bertz CT molecular complexity index is 1100. The van der Waals surface area contributed by atoms with E-state index < -0.39 is 72.3 Å². The van der Waals surface area contributed by atoms with Crippen LogP contribution < -0.4 is 16.6 Å². The van der Waals surface area contributed by atoms with Crippen LogP contribution in [0.5, 0.6) is 5.88 Å². The number of carbonyl (C=O) groups is 1. The highest BCUT2D eigenvalue weighted by Gasteiger charge is 2.45. The largest absolute Gasteiger partial charge is 0.494 e. The Morgan fingerprint density at radius 3 is 2.42 bits per heavy atom. The Kier molecular flexibility index (Phi) is 7.79. The first-order valence-corrected chi connectivity index (χ1v) is 10.2. The zero-order chi connectivity index (χ0) is 24.3. The van der Waals surface area contributed by atoms with Crippen molar-refractivity contribution in [1.29, 1.82) is 0 Å². The summed E-state index contributed by atoms with van der Waals surface area (Å²) in [5.74, 6) is -1.64. The molecule has 0 bridgehead atoms. The van der Waals surface area contributed by atoms with Crippen LogP contribution in [0.4, 0.5) is 0 Å². The van der Waals surface area contributed by atoms with E-state index >= 15 is 0 Å². The van der Waals surface area contributed by atoms with E-state index in [9.17, 15) is 34.8 Å². The summed E-state index contributed by atoms with van der Waals surface area (Å²) < 4.78 is 12.8. The van der Waals surface area contributed by atoms with Gasteiger partial charge in [0.25, 0.3) is 5.56 Å². The summed E-state index contributed by atoms with van der Waals surface area (Å²) in [7, 11) is 2.38. The van der Waals surface area contributed by atoms with Crippen LogP contribution in [-0.2, 0) is 30.2 Å². The number of aliphatic hydroxyl groups excluding tert-OH is 3. The summed E-state index contributed by atoms with van der Waals surface area (Å²) >= 11 is 0. The fourth-order valence-electron chi connectivity index (χ4n) is 3.57. The highest BCUT2D eigenvalue weighted by atomic mass is 16.7. The maximum atomic E-state index is 12.7. The second kappa shape index (κ2) is 10.4. The first kappa shape index (κ1) is 24.8. The van der Waals surface area contributed by atoms with Crippen LogP contribution >= 0.6 is 0 Å². The van der Waals surface area contributed by atoms with Crippen LogP contribution in [0.1, 0.15) is 15.9 Å². The van der Waals surface area contributed by atoms with E-state index in [-0.39, 0.29) is 6.61 Å². The Labute approximate surface area is 188 Å². The molecule has 2 aromatic rings.